The van der Waals surface area contributed by atoms with Crippen LogP contribution in [0.2, 0.25) is 0 Å². The van der Waals surface area contributed by atoms with E-state index in [9.17, 15) is 0 Å². The van der Waals surface area contributed by atoms with Crippen LogP contribution in [0.4, 0.5) is 0 Å². The second kappa shape index (κ2) is 5.91. The molecule has 0 amide bonds. The lowest BCUT2D eigenvalue weighted by Gasteiger charge is -2.11. The lowest BCUT2D eigenvalue weighted by molar-refractivity contribution is 0.554. The third-order valence-electron chi connectivity index (χ3n) is 0.855. The molecule has 0 fully saturated rings. The first kappa shape index (κ1) is 11.3. The number of hydrazone groups is 1. The molecule has 0 atom stereocenters. The van der Waals surface area contributed by atoms with Crippen molar-refractivity contribution in [3.63, 3.8) is 0 Å². The van der Waals surface area contributed by atoms with Crippen molar-refractivity contribution in [3.05, 3.63) is 0 Å². The van der Waals surface area contributed by atoms with E-state index in [1.54, 1.807) is 0 Å². The Labute approximate surface area is 78.8 Å². The second-order valence-electron chi connectivity index (χ2n) is 2.92. The number of hydrogen-bond acceptors (Lipinski definition) is 3. The summed E-state index contributed by atoms with van der Waals surface area (Å²) in [6, 6.07) is 0.344. The van der Waals surface area contributed by atoms with Gasteiger partial charge in [0.2, 0.25) is 5.11 Å². The number of hydrogen-bond donors (Lipinski definition) is 3. The third kappa shape index (κ3) is 7.43. The Kier molecular flexibility index (Phi) is 5.57. The number of thiocarbonyl (C=S) groups is 1. The number of nitrogens with one attached hydrogen (secondary N) is 3. The third-order valence-corrected chi connectivity index (χ3v) is 1.05. The lowest BCUT2D eigenvalue weighted by atomic mass is 10.4. The molecule has 0 aromatic rings. The Morgan fingerprint density at radius 3 is 2.33 bits per heavy atom. The molecule has 0 aromatic carbocycles. The first-order valence-electron chi connectivity index (χ1n) is 3.84. The molecule has 0 radical (unpaired) electrons. The van der Waals surface area contributed by atoms with Crippen molar-refractivity contribution >= 4 is 23.0 Å². The Balaban J connectivity index is 3.54. The Morgan fingerprint density at radius 2 is 1.92 bits per heavy atom. The molecule has 4 nitrogen and oxygen atoms in total. The summed E-state index contributed by atoms with van der Waals surface area (Å²) in [7, 11) is 0. The molecule has 0 saturated carbocycles. The van der Waals surface area contributed by atoms with E-state index >= 15 is 0 Å². The minimum absolute atomic E-state index is 0.344. The summed E-state index contributed by atoms with van der Waals surface area (Å²) >= 11 is 4.90. The lowest BCUT2D eigenvalue weighted by Crippen LogP contribution is -2.45. The molecule has 0 aliphatic rings. The van der Waals surface area contributed by atoms with Gasteiger partial charge < -0.3 is 0 Å². The molecule has 3 N–H and O–H groups in total. The zero-order chi connectivity index (χ0) is 9.56. The maximum absolute atomic E-state index is 4.90. The molecule has 0 rings (SSSR count). The zero-order valence-corrected chi connectivity index (χ0v) is 8.75. The zero-order valence-electron chi connectivity index (χ0n) is 7.93. The van der Waals surface area contributed by atoms with Gasteiger partial charge >= 0.3 is 0 Å². The fraction of sp³-hybridized carbons (Fsp3) is 0.714. The maximum atomic E-state index is 4.90. The minimum Gasteiger partial charge on any atom is -0.297 e. The largest absolute Gasteiger partial charge is 0.297 e. The summed E-state index contributed by atoms with van der Waals surface area (Å²) in [6.45, 7) is 7.82. The van der Waals surface area contributed by atoms with E-state index in [0.717, 1.165) is 5.71 Å². The molecule has 0 bridgehead atoms. The van der Waals surface area contributed by atoms with Crippen molar-refractivity contribution in [2.24, 2.45) is 5.10 Å². The monoisotopic (exact) mass is 188 g/mol. The van der Waals surface area contributed by atoms with Crippen LogP contribution < -0.4 is 16.3 Å². The highest BCUT2D eigenvalue weighted by atomic mass is 32.1. The van der Waals surface area contributed by atoms with E-state index in [4.69, 9.17) is 12.2 Å². The Bertz CT molecular complexity index is 172. The predicted octanol–water partition coefficient (Wildman–Crippen LogP) is 0.759. The van der Waals surface area contributed by atoms with Crippen molar-refractivity contribution < 1.29 is 0 Å². The molecule has 0 heterocycles. The van der Waals surface area contributed by atoms with Crippen molar-refractivity contribution in [2.45, 2.75) is 33.7 Å². The first-order valence-corrected chi connectivity index (χ1v) is 4.25. The van der Waals surface area contributed by atoms with Gasteiger partial charge in [0.15, 0.2) is 0 Å². The summed E-state index contributed by atoms with van der Waals surface area (Å²) in [5.41, 5.74) is 9.36. The average Bonchev–Trinajstić information content (AvgIpc) is 1.96. The fourth-order valence-electron chi connectivity index (χ4n) is 0.400. The highest BCUT2D eigenvalue weighted by Gasteiger charge is 1.93. The van der Waals surface area contributed by atoms with Gasteiger partial charge in [0, 0.05) is 11.8 Å². The molecule has 0 aliphatic carbocycles. The highest BCUT2D eigenvalue weighted by Crippen LogP contribution is 1.73. The van der Waals surface area contributed by atoms with Crippen LogP contribution in [0.15, 0.2) is 5.10 Å². The van der Waals surface area contributed by atoms with Crippen LogP contribution in [0.3, 0.4) is 0 Å². The molecule has 0 aromatic heterocycles. The van der Waals surface area contributed by atoms with Crippen molar-refractivity contribution in [1.29, 1.82) is 0 Å². The van der Waals surface area contributed by atoms with Crippen LogP contribution in [0.5, 0.6) is 0 Å². The van der Waals surface area contributed by atoms with Gasteiger partial charge in [-0.2, -0.15) is 5.10 Å². The minimum atomic E-state index is 0.344. The average molecular weight is 188 g/mol. The van der Waals surface area contributed by atoms with Gasteiger partial charge in [-0.25, -0.2) is 5.43 Å². The van der Waals surface area contributed by atoms with Crippen molar-refractivity contribution in [3.8, 4) is 0 Å². The number of hydrazine groups is 1. The molecule has 12 heavy (non-hydrogen) atoms. The van der Waals surface area contributed by atoms with Crippen molar-refractivity contribution in [1.82, 2.24) is 16.3 Å². The van der Waals surface area contributed by atoms with Crippen LogP contribution in [-0.4, -0.2) is 16.9 Å². The fourth-order valence-corrected chi connectivity index (χ4v) is 0.505. The van der Waals surface area contributed by atoms with E-state index < -0.39 is 0 Å². The van der Waals surface area contributed by atoms with Gasteiger partial charge in [0.1, 0.15) is 0 Å². The second-order valence-corrected chi connectivity index (χ2v) is 3.33. The van der Waals surface area contributed by atoms with Crippen LogP contribution in [-0.2, 0) is 0 Å². The summed E-state index contributed by atoms with van der Waals surface area (Å²) in [5.74, 6) is 0. The van der Waals surface area contributed by atoms with Gasteiger partial charge in [0.05, 0.1) is 0 Å². The number of nitrogens with zero attached hydrogens (tertiary/aromatic N) is 1. The predicted molar refractivity (Wildman–Crippen MR) is 55.9 cm³/mol. The van der Waals surface area contributed by atoms with Gasteiger partial charge in [-0.1, -0.05) is 0 Å². The van der Waals surface area contributed by atoms with E-state index in [1.807, 2.05) is 27.7 Å². The normalized spacial score (nSPS) is 9.42. The van der Waals surface area contributed by atoms with Gasteiger partial charge in [-0.3, -0.25) is 10.9 Å². The molecule has 5 heteroatoms. The summed E-state index contributed by atoms with van der Waals surface area (Å²) < 4.78 is 0. The van der Waals surface area contributed by atoms with Crippen LogP contribution in [0.1, 0.15) is 27.7 Å². The van der Waals surface area contributed by atoms with E-state index in [0.29, 0.717) is 11.2 Å². The molecule has 0 spiro atoms. The molecule has 0 saturated heterocycles. The van der Waals surface area contributed by atoms with Crippen LogP contribution in [0, 0.1) is 0 Å². The topological polar surface area (TPSA) is 48.5 Å². The molecular weight excluding hydrogens is 172 g/mol. The summed E-state index contributed by atoms with van der Waals surface area (Å²) in [6.07, 6.45) is 0. The molecule has 0 unspecified atom stereocenters. The number of rotatable bonds is 3. The maximum Gasteiger partial charge on any atom is 0.201 e. The standard InChI is InChI=1S/C7H16N4S/c1-5(2)8-10-7(12)11-9-6(3)4/h5,8H,1-4H3,(H2,10,11,12). The van der Waals surface area contributed by atoms with Crippen LogP contribution >= 0.6 is 12.2 Å². The van der Waals surface area contributed by atoms with Crippen molar-refractivity contribution in [2.75, 3.05) is 0 Å². The van der Waals surface area contributed by atoms with Crippen LogP contribution in [0.25, 0.3) is 0 Å². The van der Waals surface area contributed by atoms with Gasteiger partial charge in [-0.05, 0) is 39.9 Å². The SMILES string of the molecule is CC(C)=NNC(=S)NNC(C)C. The summed E-state index contributed by atoms with van der Waals surface area (Å²) in [4.78, 5) is 0. The molecule has 70 valence electrons. The highest BCUT2D eigenvalue weighted by molar-refractivity contribution is 7.80. The Morgan fingerprint density at radius 1 is 1.33 bits per heavy atom. The molecular formula is C7H16N4S. The van der Waals surface area contributed by atoms with Gasteiger partial charge in [-0.15, -0.1) is 0 Å². The van der Waals surface area contributed by atoms with E-state index in [2.05, 4.69) is 21.4 Å². The molecule has 0 aliphatic heterocycles. The Hall–Kier alpha value is -0.680. The van der Waals surface area contributed by atoms with E-state index in [-0.39, 0.29) is 0 Å². The smallest absolute Gasteiger partial charge is 0.201 e. The van der Waals surface area contributed by atoms with E-state index in [1.165, 1.54) is 0 Å². The summed E-state index contributed by atoms with van der Waals surface area (Å²) in [5, 5.41) is 4.40. The first-order chi connectivity index (χ1) is 5.52. The quantitative estimate of drug-likeness (QED) is 0.348. The van der Waals surface area contributed by atoms with Gasteiger partial charge in [0.25, 0.3) is 0 Å².